The summed E-state index contributed by atoms with van der Waals surface area (Å²) in [5.74, 6) is 0.283. The quantitative estimate of drug-likeness (QED) is 0.804. The summed E-state index contributed by atoms with van der Waals surface area (Å²) in [6.07, 6.45) is 2.26. The van der Waals surface area contributed by atoms with Gasteiger partial charge in [0.25, 0.3) is 5.91 Å². The van der Waals surface area contributed by atoms with E-state index >= 15 is 0 Å². The number of primary amides is 1. The van der Waals surface area contributed by atoms with Gasteiger partial charge < -0.3 is 16.4 Å². The molecule has 1 aromatic heterocycles. The Hall–Kier alpha value is -1.62. The molecule has 0 bridgehead atoms. The largest absolute Gasteiger partial charge is 0.365 e. The van der Waals surface area contributed by atoms with Crippen LogP contribution in [-0.2, 0) is 0 Å². The number of hydrogen-bond acceptors (Lipinski definition) is 4. The van der Waals surface area contributed by atoms with Gasteiger partial charge in [-0.1, -0.05) is 0 Å². The number of pyridine rings is 1. The minimum absolute atomic E-state index is 0.419. The molecular formula is C13H20N4O. The molecule has 1 saturated carbocycles. The maximum atomic E-state index is 11.6. The fourth-order valence-corrected chi connectivity index (χ4v) is 2.32. The van der Waals surface area contributed by atoms with Gasteiger partial charge in [-0.15, -0.1) is 0 Å². The number of nitrogens with zero attached hydrogens (tertiary/aromatic N) is 2. The van der Waals surface area contributed by atoms with Gasteiger partial charge >= 0.3 is 0 Å². The molecule has 1 aliphatic carbocycles. The molecule has 1 heterocycles. The van der Waals surface area contributed by atoms with Crippen LogP contribution in [-0.4, -0.2) is 30.0 Å². The Balaban J connectivity index is 2.48. The van der Waals surface area contributed by atoms with E-state index in [1.165, 1.54) is 0 Å². The highest BCUT2D eigenvalue weighted by Gasteiger charge is 2.32. The topological polar surface area (TPSA) is 85.2 Å². The molecule has 0 aliphatic heterocycles. The molecule has 0 unspecified atom stereocenters. The number of aryl methyl sites for hydroxylation is 2. The van der Waals surface area contributed by atoms with Gasteiger partial charge in [0.15, 0.2) is 0 Å². The Kier molecular flexibility index (Phi) is 3.52. The second kappa shape index (κ2) is 4.94. The first kappa shape index (κ1) is 12.8. The zero-order valence-corrected chi connectivity index (χ0v) is 10.9. The fraction of sp³-hybridized carbons (Fsp3) is 0.538. The van der Waals surface area contributed by atoms with E-state index in [2.05, 4.69) is 9.88 Å². The third-order valence-electron chi connectivity index (χ3n) is 3.20. The van der Waals surface area contributed by atoms with Gasteiger partial charge in [-0.3, -0.25) is 4.79 Å². The average molecular weight is 248 g/mol. The molecule has 0 atom stereocenters. The van der Waals surface area contributed by atoms with Crippen LogP contribution in [0, 0.1) is 13.8 Å². The zero-order valence-electron chi connectivity index (χ0n) is 10.9. The van der Waals surface area contributed by atoms with Crippen LogP contribution in [0.3, 0.4) is 0 Å². The SMILES string of the molecule is Cc1cc(C)c(C(N)=O)c(N(CCN)C2CC2)n1. The minimum Gasteiger partial charge on any atom is -0.365 e. The van der Waals surface area contributed by atoms with Crippen LogP contribution in [0.15, 0.2) is 6.07 Å². The summed E-state index contributed by atoms with van der Waals surface area (Å²) in [7, 11) is 0. The maximum Gasteiger partial charge on any atom is 0.252 e. The summed E-state index contributed by atoms with van der Waals surface area (Å²) in [6, 6.07) is 2.34. The van der Waals surface area contributed by atoms with Crippen LogP contribution in [0.1, 0.15) is 34.5 Å². The molecule has 0 saturated heterocycles. The van der Waals surface area contributed by atoms with E-state index < -0.39 is 5.91 Å². The number of aromatic nitrogens is 1. The molecule has 98 valence electrons. The summed E-state index contributed by atoms with van der Waals surface area (Å²) in [4.78, 5) is 18.3. The van der Waals surface area contributed by atoms with Crippen molar-refractivity contribution < 1.29 is 4.79 Å². The Bertz CT molecular complexity index is 468. The van der Waals surface area contributed by atoms with Crippen LogP contribution >= 0.6 is 0 Å². The smallest absolute Gasteiger partial charge is 0.252 e. The van der Waals surface area contributed by atoms with Crippen molar-refractivity contribution in [1.82, 2.24) is 4.98 Å². The van der Waals surface area contributed by atoms with Crippen molar-refractivity contribution >= 4 is 11.7 Å². The predicted octanol–water partition coefficient (Wildman–Crippen LogP) is 0.725. The second-order valence-electron chi connectivity index (χ2n) is 4.86. The third-order valence-corrected chi connectivity index (χ3v) is 3.20. The number of carbonyl (C=O) groups is 1. The van der Waals surface area contributed by atoms with Crippen molar-refractivity contribution in [3.8, 4) is 0 Å². The molecule has 1 amide bonds. The summed E-state index contributed by atoms with van der Waals surface area (Å²) in [5, 5.41) is 0. The van der Waals surface area contributed by atoms with Crippen molar-refractivity contribution in [2.24, 2.45) is 11.5 Å². The van der Waals surface area contributed by atoms with E-state index in [4.69, 9.17) is 11.5 Å². The molecule has 18 heavy (non-hydrogen) atoms. The normalized spacial score (nSPS) is 14.6. The molecule has 1 aromatic rings. The molecule has 0 aromatic carbocycles. The Morgan fingerprint density at radius 3 is 2.67 bits per heavy atom. The zero-order chi connectivity index (χ0) is 13.3. The summed E-state index contributed by atoms with van der Waals surface area (Å²) in [6.45, 7) is 5.07. The highest BCUT2D eigenvalue weighted by atomic mass is 16.1. The first-order valence-corrected chi connectivity index (χ1v) is 6.29. The third kappa shape index (κ3) is 2.46. The number of carbonyl (C=O) groups excluding carboxylic acids is 1. The van der Waals surface area contributed by atoms with Crippen molar-refractivity contribution in [2.75, 3.05) is 18.0 Å². The van der Waals surface area contributed by atoms with Crippen LogP contribution in [0.4, 0.5) is 5.82 Å². The summed E-state index contributed by atoms with van der Waals surface area (Å²) < 4.78 is 0. The van der Waals surface area contributed by atoms with E-state index in [0.29, 0.717) is 30.5 Å². The molecule has 4 N–H and O–H groups in total. The van der Waals surface area contributed by atoms with Crippen LogP contribution in [0.2, 0.25) is 0 Å². The van der Waals surface area contributed by atoms with Gasteiger partial charge in [0, 0.05) is 24.8 Å². The Labute approximate surface area is 107 Å². The molecule has 2 rings (SSSR count). The Morgan fingerprint density at radius 2 is 2.17 bits per heavy atom. The van der Waals surface area contributed by atoms with Gasteiger partial charge in [-0.2, -0.15) is 0 Å². The number of nitrogens with two attached hydrogens (primary N) is 2. The standard InChI is InChI=1S/C13H20N4O/c1-8-7-9(2)16-13(11(8)12(15)18)17(6-5-14)10-3-4-10/h7,10H,3-6,14H2,1-2H3,(H2,15,18). The number of rotatable bonds is 5. The molecular weight excluding hydrogens is 228 g/mol. The molecule has 1 fully saturated rings. The molecule has 5 nitrogen and oxygen atoms in total. The van der Waals surface area contributed by atoms with E-state index in [9.17, 15) is 4.79 Å². The minimum atomic E-state index is -0.419. The lowest BCUT2D eigenvalue weighted by atomic mass is 10.1. The average Bonchev–Trinajstić information content (AvgIpc) is 3.07. The van der Waals surface area contributed by atoms with Crippen molar-refractivity contribution in [3.63, 3.8) is 0 Å². The van der Waals surface area contributed by atoms with E-state index in [1.54, 1.807) is 0 Å². The number of hydrogen-bond donors (Lipinski definition) is 2. The second-order valence-corrected chi connectivity index (χ2v) is 4.86. The van der Waals surface area contributed by atoms with E-state index in [-0.39, 0.29) is 0 Å². The van der Waals surface area contributed by atoms with Crippen molar-refractivity contribution in [1.29, 1.82) is 0 Å². The van der Waals surface area contributed by atoms with Gasteiger partial charge in [0.2, 0.25) is 0 Å². The highest BCUT2D eigenvalue weighted by Crippen LogP contribution is 2.33. The van der Waals surface area contributed by atoms with Gasteiger partial charge in [0.1, 0.15) is 5.82 Å². The lowest BCUT2D eigenvalue weighted by Crippen LogP contribution is -2.34. The summed E-state index contributed by atoms with van der Waals surface area (Å²) in [5.41, 5.74) is 13.4. The van der Waals surface area contributed by atoms with Crippen LogP contribution in [0.25, 0.3) is 0 Å². The number of amides is 1. The summed E-state index contributed by atoms with van der Waals surface area (Å²) >= 11 is 0. The molecule has 1 aliphatic rings. The maximum absolute atomic E-state index is 11.6. The number of anilines is 1. The first-order chi connectivity index (χ1) is 8.54. The Morgan fingerprint density at radius 1 is 1.50 bits per heavy atom. The lowest BCUT2D eigenvalue weighted by molar-refractivity contribution is 0.1000. The lowest BCUT2D eigenvalue weighted by Gasteiger charge is -2.25. The van der Waals surface area contributed by atoms with Crippen molar-refractivity contribution in [3.05, 3.63) is 22.9 Å². The van der Waals surface area contributed by atoms with E-state index in [0.717, 1.165) is 24.1 Å². The first-order valence-electron chi connectivity index (χ1n) is 6.29. The monoisotopic (exact) mass is 248 g/mol. The predicted molar refractivity (Wildman–Crippen MR) is 71.7 cm³/mol. The van der Waals surface area contributed by atoms with Gasteiger partial charge in [-0.05, 0) is 38.3 Å². The van der Waals surface area contributed by atoms with Crippen molar-refractivity contribution in [2.45, 2.75) is 32.7 Å². The van der Waals surface area contributed by atoms with E-state index in [1.807, 2.05) is 19.9 Å². The molecule has 0 radical (unpaired) electrons. The fourth-order valence-electron chi connectivity index (χ4n) is 2.32. The highest BCUT2D eigenvalue weighted by molar-refractivity contribution is 5.99. The molecule has 5 heteroatoms. The van der Waals surface area contributed by atoms with Crippen LogP contribution in [0.5, 0.6) is 0 Å². The van der Waals surface area contributed by atoms with Gasteiger partial charge in [-0.25, -0.2) is 4.98 Å². The molecule has 0 spiro atoms. The van der Waals surface area contributed by atoms with Crippen LogP contribution < -0.4 is 16.4 Å². The van der Waals surface area contributed by atoms with Gasteiger partial charge in [0.05, 0.1) is 5.56 Å².